The van der Waals surface area contributed by atoms with E-state index in [1.54, 1.807) is 30.3 Å². The molecule has 8 nitrogen and oxygen atoms in total. The normalized spacial score (nSPS) is 10.9. The van der Waals surface area contributed by atoms with Crippen LogP contribution in [0.25, 0.3) is 16.9 Å². The summed E-state index contributed by atoms with van der Waals surface area (Å²) in [6, 6.07) is 12.3. The molecule has 0 aliphatic carbocycles. The number of carbonyl (C=O) groups is 1. The monoisotopic (exact) mass is 398 g/mol. The molecule has 2 heterocycles. The molecule has 4 aromatic rings. The van der Waals surface area contributed by atoms with Gasteiger partial charge < -0.3 is 5.32 Å². The lowest BCUT2D eigenvalue weighted by molar-refractivity contribution is -0.116. The van der Waals surface area contributed by atoms with Crippen molar-refractivity contribution < 1.29 is 9.18 Å². The van der Waals surface area contributed by atoms with E-state index in [-0.39, 0.29) is 17.7 Å². The van der Waals surface area contributed by atoms with Crippen LogP contribution >= 0.6 is 11.6 Å². The Balaban J connectivity index is 1.62. The van der Waals surface area contributed by atoms with Gasteiger partial charge in [-0.15, -0.1) is 5.10 Å². The molecule has 0 radical (unpaired) electrons. The molecule has 1 N–H and O–H groups in total. The lowest BCUT2D eigenvalue weighted by Crippen LogP contribution is -2.28. The topological polar surface area (TPSA) is 94.7 Å². The van der Waals surface area contributed by atoms with Crippen LogP contribution in [0.2, 0.25) is 5.02 Å². The summed E-state index contributed by atoms with van der Waals surface area (Å²) in [4.78, 5) is 29.0. The second-order valence-corrected chi connectivity index (χ2v) is 6.33. The molecule has 1 amide bonds. The number of halogens is 2. The van der Waals surface area contributed by atoms with Crippen LogP contribution in [0.15, 0.2) is 59.7 Å². The molecule has 0 saturated carbocycles. The van der Waals surface area contributed by atoms with Crippen molar-refractivity contribution in [3.63, 3.8) is 0 Å². The Bertz CT molecular complexity index is 1250. The van der Waals surface area contributed by atoms with Gasteiger partial charge in [0.15, 0.2) is 11.2 Å². The first kappa shape index (κ1) is 17.8. The third-order valence-electron chi connectivity index (χ3n) is 3.90. The van der Waals surface area contributed by atoms with Crippen LogP contribution in [0.1, 0.15) is 0 Å². The van der Waals surface area contributed by atoms with Gasteiger partial charge in [0.25, 0.3) is 5.56 Å². The summed E-state index contributed by atoms with van der Waals surface area (Å²) in [5, 5.41) is 10.8. The average molecular weight is 399 g/mol. The predicted octanol–water partition coefficient (Wildman–Crippen LogP) is 2.41. The van der Waals surface area contributed by atoms with Gasteiger partial charge in [-0.25, -0.2) is 9.37 Å². The number of rotatable bonds is 4. The van der Waals surface area contributed by atoms with Crippen molar-refractivity contribution in [3.05, 3.63) is 76.1 Å². The van der Waals surface area contributed by atoms with E-state index in [4.69, 9.17) is 11.6 Å². The largest absolute Gasteiger partial charge is 0.324 e. The first-order valence-electron chi connectivity index (χ1n) is 8.13. The molecule has 2 aromatic carbocycles. The zero-order chi connectivity index (χ0) is 19.7. The van der Waals surface area contributed by atoms with Gasteiger partial charge in [0.2, 0.25) is 5.91 Å². The number of nitrogens with zero attached hydrogens (tertiary/aromatic N) is 5. The van der Waals surface area contributed by atoms with Crippen molar-refractivity contribution in [2.45, 2.75) is 6.54 Å². The fourth-order valence-corrected chi connectivity index (χ4v) is 2.85. The van der Waals surface area contributed by atoms with Crippen molar-refractivity contribution >= 4 is 34.4 Å². The highest BCUT2D eigenvalue weighted by Crippen LogP contribution is 2.15. The highest BCUT2D eigenvalue weighted by molar-refractivity contribution is 6.30. The first-order valence-corrected chi connectivity index (χ1v) is 8.51. The zero-order valence-electron chi connectivity index (χ0n) is 14.2. The number of hydrogen-bond donors (Lipinski definition) is 1. The van der Waals surface area contributed by atoms with Crippen LogP contribution < -0.4 is 10.9 Å². The summed E-state index contributed by atoms with van der Waals surface area (Å²) < 4.78 is 15.8. The Labute approximate surface area is 162 Å². The van der Waals surface area contributed by atoms with Crippen molar-refractivity contribution in [3.8, 4) is 5.69 Å². The van der Waals surface area contributed by atoms with Gasteiger partial charge >= 0.3 is 0 Å². The van der Waals surface area contributed by atoms with E-state index in [0.29, 0.717) is 16.4 Å². The van der Waals surface area contributed by atoms with Gasteiger partial charge in [0.05, 0.1) is 5.69 Å². The van der Waals surface area contributed by atoms with E-state index in [9.17, 15) is 14.0 Å². The van der Waals surface area contributed by atoms with Gasteiger partial charge in [-0.1, -0.05) is 28.9 Å². The zero-order valence-corrected chi connectivity index (χ0v) is 15.0. The van der Waals surface area contributed by atoms with Gasteiger partial charge in [-0.05, 0) is 36.4 Å². The van der Waals surface area contributed by atoms with Gasteiger partial charge in [0.1, 0.15) is 18.7 Å². The molecule has 140 valence electrons. The maximum atomic E-state index is 13.4. The fourth-order valence-electron chi connectivity index (χ4n) is 2.66. The van der Waals surface area contributed by atoms with Gasteiger partial charge in [-0.2, -0.15) is 4.68 Å². The Kier molecular flexibility index (Phi) is 4.58. The number of amides is 1. The SMILES string of the molecule is O=C(Cn1cnc2c(nnn2-c2cccc(F)c2)c1=O)Nc1cccc(Cl)c1. The second kappa shape index (κ2) is 7.20. The molecule has 0 saturated heterocycles. The molecular weight excluding hydrogens is 387 g/mol. The molecule has 0 aliphatic rings. The van der Waals surface area contributed by atoms with Crippen LogP contribution in [0.3, 0.4) is 0 Å². The summed E-state index contributed by atoms with van der Waals surface area (Å²) in [6.45, 7) is -0.263. The molecule has 2 aromatic heterocycles. The number of carbonyl (C=O) groups excluding carboxylic acids is 1. The molecule has 0 bridgehead atoms. The lowest BCUT2D eigenvalue weighted by Gasteiger charge is -2.07. The Morgan fingerprint density at radius 2 is 2.00 bits per heavy atom. The summed E-state index contributed by atoms with van der Waals surface area (Å²) in [7, 11) is 0. The quantitative estimate of drug-likeness (QED) is 0.569. The van der Waals surface area contributed by atoms with Crippen LogP contribution in [-0.4, -0.2) is 30.5 Å². The maximum Gasteiger partial charge on any atom is 0.284 e. The number of fused-ring (bicyclic) bond motifs is 1. The Morgan fingerprint density at radius 1 is 1.18 bits per heavy atom. The van der Waals surface area contributed by atoms with E-state index in [2.05, 4.69) is 20.6 Å². The average Bonchev–Trinajstić information content (AvgIpc) is 3.09. The van der Waals surface area contributed by atoms with E-state index >= 15 is 0 Å². The third-order valence-corrected chi connectivity index (χ3v) is 4.14. The third kappa shape index (κ3) is 3.47. The number of benzene rings is 2. The number of nitrogens with one attached hydrogen (secondary N) is 1. The lowest BCUT2D eigenvalue weighted by atomic mass is 10.3. The summed E-state index contributed by atoms with van der Waals surface area (Å²) in [5.74, 6) is -0.879. The number of aromatic nitrogens is 5. The minimum absolute atomic E-state index is 0.0256. The van der Waals surface area contributed by atoms with E-state index in [1.807, 2.05) is 0 Å². The molecule has 0 spiro atoms. The molecule has 10 heteroatoms. The van der Waals surface area contributed by atoms with E-state index in [1.165, 1.54) is 29.2 Å². The molecule has 0 unspecified atom stereocenters. The van der Waals surface area contributed by atoms with Crippen molar-refractivity contribution in [2.75, 3.05) is 5.32 Å². The Morgan fingerprint density at radius 3 is 2.79 bits per heavy atom. The number of hydrogen-bond acceptors (Lipinski definition) is 5. The summed E-state index contributed by atoms with van der Waals surface area (Å²) >= 11 is 5.88. The fraction of sp³-hybridized carbons (Fsp3) is 0.0556. The second-order valence-electron chi connectivity index (χ2n) is 5.89. The van der Waals surface area contributed by atoms with Crippen LogP contribution in [0.4, 0.5) is 10.1 Å². The minimum Gasteiger partial charge on any atom is -0.324 e. The van der Waals surface area contributed by atoms with Crippen LogP contribution in [0.5, 0.6) is 0 Å². The highest BCUT2D eigenvalue weighted by Gasteiger charge is 2.15. The molecule has 0 aliphatic heterocycles. The molecular formula is C18H12ClFN6O2. The van der Waals surface area contributed by atoms with Gasteiger partial charge in [0, 0.05) is 10.7 Å². The van der Waals surface area contributed by atoms with Crippen LogP contribution in [-0.2, 0) is 11.3 Å². The van der Waals surface area contributed by atoms with Crippen molar-refractivity contribution in [1.82, 2.24) is 24.5 Å². The first-order chi connectivity index (χ1) is 13.5. The standard InChI is InChI=1S/C18H12ClFN6O2/c19-11-3-1-5-13(7-11)22-15(27)9-25-10-21-17-16(18(25)28)23-24-26(17)14-6-2-4-12(20)8-14/h1-8,10H,9H2,(H,22,27). The summed E-state index contributed by atoms with van der Waals surface area (Å²) in [6.07, 6.45) is 1.22. The van der Waals surface area contributed by atoms with E-state index < -0.39 is 17.3 Å². The molecule has 28 heavy (non-hydrogen) atoms. The van der Waals surface area contributed by atoms with Gasteiger partial charge in [-0.3, -0.25) is 14.2 Å². The maximum absolute atomic E-state index is 13.4. The van der Waals surface area contributed by atoms with E-state index in [0.717, 1.165) is 4.57 Å². The molecule has 0 fully saturated rings. The smallest absolute Gasteiger partial charge is 0.284 e. The predicted molar refractivity (Wildman–Crippen MR) is 101 cm³/mol. The summed E-state index contributed by atoms with van der Waals surface area (Å²) in [5.41, 5.74) is 0.501. The Hall–Kier alpha value is -3.59. The van der Waals surface area contributed by atoms with Crippen molar-refractivity contribution in [1.29, 1.82) is 0 Å². The molecule has 0 atom stereocenters. The number of anilines is 1. The van der Waals surface area contributed by atoms with Crippen LogP contribution in [0, 0.1) is 5.82 Å². The minimum atomic E-state index is -0.533. The van der Waals surface area contributed by atoms with Crippen molar-refractivity contribution in [2.24, 2.45) is 0 Å². The highest BCUT2D eigenvalue weighted by atomic mass is 35.5. The molecule has 4 rings (SSSR count).